The van der Waals surface area contributed by atoms with E-state index in [0.29, 0.717) is 17.1 Å². The number of hydrogen-bond donors (Lipinski definition) is 2. The Bertz CT molecular complexity index is 1620. The lowest BCUT2D eigenvalue weighted by Gasteiger charge is -2.33. The molecule has 2 atom stereocenters. The molecule has 5 heteroatoms. The zero-order valence-electron chi connectivity index (χ0n) is 24.1. The van der Waals surface area contributed by atoms with Crippen LogP contribution in [0, 0.1) is 11.3 Å². The van der Waals surface area contributed by atoms with Gasteiger partial charge in [0, 0.05) is 46.9 Å². The Labute approximate surface area is 237 Å². The van der Waals surface area contributed by atoms with E-state index in [-0.39, 0.29) is 11.5 Å². The highest BCUT2D eigenvalue weighted by atomic mass is 16.3. The molecule has 0 saturated heterocycles. The van der Waals surface area contributed by atoms with Crippen molar-refractivity contribution in [1.82, 2.24) is 14.5 Å². The quantitative estimate of drug-likeness (QED) is 0.126. The second-order valence-electron chi connectivity index (χ2n) is 10.6. The smallest absolute Gasteiger partial charge is 0.105 e. The molecule has 5 nitrogen and oxygen atoms in total. The van der Waals surface area contributed by atoms with Crippen molar-refractivity contribution in [3.8, 4) is 0 Å². The summed E-state index contributed by atoms with van der Waals surface area (Å²) in [5, 5.41) is 18.8. The maximum Gasteiger partial charge on any atom is 0.105 e. The Kier molecular flexibility index (Phi) is 8.34. The van der Waals surface area contributed by atoms with Crippen LogP contribution >= 0.6 is 0 Å². The molecule has 0 amide bonds. The Morgan fingerprint density at radius 1 is 1.18 bits per heavy atom. The first-order chi connectivity index (χ1) is 19.1. The summed E-state index contributed by atoms with van der Waals surface area (Å²) in [5.41, 5.74) is 7.75. The maximum atomic E-state index is 10.4. The molecule has 0 aromatic carbocycles. The van der Waals surface area contributed by atoms with Crippen LogP contribution in [0.1, 0.15) is 57.9 Å². The number of hydrogen-bond acceptors (Lipinski definition) is 4. The molecular formula is C35H38N4O. The van der Waals surface area contributed by atoms with Crippen molar-refractivity contribution in [3.63, 3.8) is 0 Å². The molecule has 1 aliphatic carbocycles. The SMILES string of the molecule is C=C/C=C\C=C(/C)C(C)(c1ccccn1)n1cc(C2=CCC(C(=C)C)C=C2)c2ncc(/C(C(C)=N)=C(\C)O)cc21. The molecule has 2 unspecified atom stereocenters. The van der Waals surface area contributed by atoms with Crippen LogP contribution in [-0.4, -0.2) is 25.4 Å². The summed E-state index contributed by atoms with van der Waals surface area (Å²) in [7, 11) is 0. The van der Waals surface area contributed by atoms with E-state index in [1.165, 1.54) is 0 Å². The third-order valence-corrected chi connectivity index (χ3v) is 7.72. The molecule has 0 aliphatic heterocycles. The highest BCUT2D eigenvalue weighted by molar-refractivity contribution is 6.22. The maximum absolute atomic E-state index is 10.4. The number of fused-ring (bicyclic) bond motifs is 1. The molecule has 0 spiro atoms. The summed E-state index contributed by atoms with van der Waals surface area (Å²) in [6.07, 6.45) is 21.0. The monoisotopic (exact) mass is 530 g/mol. The highest BCUT2D eigenvalue weighted by Crippen LogP contribution is 2.40. The molecule has 1 aliphatic rings. The summed E-state index contributed by atoms with van der Waals surface area (Å²) < 4.78 is 2.23. The minimum absolute atomic E-state index is 0.0915. The van der Waals surface area contributed by atoms with Crippen molar-refractivity contribution in [2.75, 3.05) is 0 Å². The van der Waals surface area contributed by atoms with Gasteiger partial charge >= 0.3 is 0 Å². The molecular weight excluding hydrogens is 492 g/mol. The summed E-state index contributed by atoms with van der Waals surface area (Å²) >= 11 is 0. The molecule has 0 radical (unpaired) electrons. The van der Waals surface area contributed by atoms with Gasteiger partial charge in [-0.2, -0.15) is 0 Å². The van der Waals surface area contributed by atoms with E-state index >= 15 is 0 Å². The Balaban J connectivity index is 2.06. The molecule has 0 bridgehead atoms. The van der Waals surface area contributed by atoms with E-state index in [1.54, 1.807) is 26.1 Å². The van der Waals surface area contributed by atoms with Crippen molar-refractivity contribution in [3.05, 3.63) is 132 Å². The molecule has 2 N–H and O–H groups in total. The van der Waals surface area contributed by atoms with E-state index in [1.807, 2.05) is 42.6 Å². The summed E-state index contributed by atoms with van der Waals surface area (Å²) in [6.45, 7) is 17.6. The number of nitrogens with zero attached hydrogens (tertiary/aromatic N) is 3. The number of pyridine rings is 2. The fraction of sp³-hybridized carbons (Fsp3) is 0.229. The van der Waals surface area contributed by atoms with Crippen LogP contribution in [0.25, 0.3) is 22.2 Å². The molecule has 3 aromatic heterocycles. The van der Waals surface area contributed by atoms with Crippen molar-refractivity contribution in [2.24, 2.45) is 5.92 Å². The van der Waals surface area contributed by atoms with Gasteiger partial charge in [0.05, 0.1) is 22.5 Å². The topological polar surface area (TPSA) is 74.8 Å². The van der Waals surface area contributed by atoms with Gasteiger partial charge in [0.25, 0.3) is 0 Å². The number of aliphatic hydroxyl groups is 1. The van der Waals surface area contributed by atoms with Gasteiger partial charge in [0.2, 0.25) is 0 Å². The second-order valence-corrected chi connectivity index (χ2v) is 10.6. The van der Waals surface area contributed by atoms with Gasteiger partial charge in [-0.05, 0) is 70.4 Å². The molecule has 4 rings (SSSR count). The van der Waals surface area contributed by atoms with Crippen LogP contribution in [0.5, 0.6) is 0 Å². The average Bonchev–Trinajstić information content (AvgIpc) is 3.32. The second kappa shape index (κ2) is 11.7. The van der Waals surface area contributed by atoms with Crippen molar-refractivity contribution in [2.45, 2.75) is 46.6 Å². The minimum atomic E-state index is -0.666. The molecule has 0 fully saturated rings. The minimum Gasteiger partial charge on any atom is -0.512 e. The molecule has 204 valence electrons. The zero-order valence-corrected chi connectivity index (χ0v) is 24.1. The number of nitrogens with one attached hydrogen (secondary N) is 1. The van der Waals surface area contributed by atoms with Gasteiger partial charge in [-0.1, -0.05) is 67.3 Å². The van der Waals surface area contributed by atoms with E-state index in [4.69, 9.17) is 15.4 Å². The van der Waals surface area contributed by atoms with E-state index in [0.717, 1.165) is 45.4 Å². The van der Waals surface area contributed by atoms with Gasteiger partial charge < -0.3 is 15.1 Å². The normalized spacial score (nSPS) is 17.9. The van der Waals surface area contributed by atoms with Crippen molar-refractivity contribution >= 4 is 27.9 Å². The Morgan fingerprint density at radius 3 is 2.52 bits per heavy atom. The number of aromatic nitrogens is 3. The lowest BCUT2D eigenvalue weighted by molar-refractivity contribution is 0.418. The van der Waals surface area contributed by atoms with Gasteiger partial charge in [-0.3, -0.25) is 9.97 Å². The third-order valence-electron chi connectivity index (χ3n) is 7.72. The molecule has 3 heterocycles. The molecule has 3 aromatic rings. The third kappa shape index (κ3) is 5.32. The number of rotatable bonds is 9. The number of allylic oxidation sites excluding steroid dienone is 12. The van der Waals surface area contributed by atoms with E-state index < -0.39 is 5.54 Å². The highest BCUT2D eigenvalue weighted by Gasteiger charge is 2.34. The van der Waals surface area contributed by atoms with Crippen molar-refractivity contribution in [1.29, 1.82) is 5.41 Å². The fourth-order valence-electron chi connectivity index (χ4n) is 5.31. The standard InChI is InChI=1S/C35H38N4O/c1-8-9-10-13-24(4)35(7,32-14-11-12-19-37-32)39-22-30(28-17-15-27(16-18-28)23(2)3)34-31(39)20-29(21-38-34)33(25(5)36)26(6)40/h8-15,17-22,27,36,40H,1-2,16H2,3-7H3/b10-9-,24-13+,33-26+,36-25?. The largest absolute Gasteiger partial charge is 0.512 e. The van der Waals surface area contributed by atoms with Crippen LogP contribution in [0.2, 0.25) is 0 Å². The van der Waals surface area contributed by atoms with Gasteiger partial charge in [-0.25, -0.2) is 0 Å². The predicted octanol–water partition coefficient (Wildman–Crippen LogP) is 8.75. The van der Waals surface area contributed by atoms with Crippen LogP contribution in [0.15, 0.2) is 115 Å². The predicted molar refractivity (Wildman–Crippen MR) is 168 cm³/mol. The van der Waals surface area contributed by atoms with Gasteiger partial charge in [0.1, 0.15) is 5.54 Å². The first kappa shape index (κ1) is 28.5. The summed E-state index contributed by atoms with van der Waals surface area (Å²) in [6, 6.07) is 7.99. The first-order valence-corrected chi connectivity index (χ1v) is 13.5. The zero-order chi connectivity index (χ0) is 29.0. The molecule has 0 saturated carbocycles. The fourth-order valence-corrected chi connectivity index (χ4v) is 5.31. The van der Waals surface area contributed by atoms with Gasteiger partial charge in [0.15, 0.2) is 0 Å². The summed E-state index contributed by atoms with van der Waals surface area (Å²) in [4.78, 5) is 9.74. The Hall–Kier alpha value is -4.51. The molecule has 40 heavy (non-hydrogen) atoms. The van der Waals surface area contributed by atoms with Crippen LogP contribution in [-0.2, 0) is 5.54 Å². The van der Waals surface area contributed by atoms with Crippen LogP contribution < -0.4 is 0 Å². The van der Waals surface area contributed by atoms with Crippen LogP contribution in [0.4, 0.5) is 0 Å². The first-order valence-electron chi connectivity index (χ1n) is 13.5. The average molecular weight is 531 g/mol. The van der Waals surface area contributed by atoms with Crippen LogP contribution in [0.3, 0.4) is 0 Å². The van der Waals surface area contributed by atoms with Gasteiger partial charge in [-0.15, -0.1) is 0 Å². The van der Waals surface area contributed by atoms with E-state index in [9.17, 15) is 5.11 Å². The van der Waals surface area contributed by atoms with Crippen molar-refractivity contribution < 1.29 is 5.11 Å². The van der Waals surface area contributed by atoms with E-state index in [2.05, 4.69) is 69.0 Å². The number of aliphatic hydroxyl groups excluding tert-OH is 1. The summed E-state index contributed by atoms with van der Waals surface area (Å²) in [5.74, 6) is 0.418. The lowest BCUT2D eigenvalue weighted by Crippen LogP contribution is -2.33. The Morgan fingerprint density at radius 2 is 1.95 bits per heavy atom. The lowest BCUT2D eigenvalue weighted by atomic mass is 9.87.